The van der Waals surface area contributed by atoms with E-state index in [0.29, 0.717) is 17.8 Å². The van der Waals surface area contributed by atoms with Gasteiger partial charge in [-0.05, 0) is 11.6 Å². The summed E-state index contributed by atoms with van der Waals surface area (Å²) in [5, 5.41) is 21.1. The summed E-state index contributed by atoms with van der Waals surface area (Å²) in [4.78, 5) is 22.4. The Balaban J connectivity index is 1.54. The lowest BCUT2D eigenvalue weighted by Gasteiger charge is -2.20. The number of imidazole rings is 1. The first-order valence-corrected chi connectivity index (χ1v) is 8.62. The molecule has 1 saturated heterocycles. The molecular formula is C18H20N4O5. The minimum atomic E-state index is -0.860. The van der Waals surface area contributed by atoms with Crippen molar-refractivity contribution in [2.75, 3.05) is 7.11 Å². The lowest BCUT2D eigenvalue weighted by atomic mass is 10.0. The van der Waals surface area contributed by atoms with Crippen molar-refractivity contribution in [2.24, 2.45) is 0 Å². The fourth-order valence-corrected chi connectivity index (χ4v) is 3.46. The fourth-order valence-electron chi connectivity index (χ4n) is 3.46. The molecule has 0 saturated carbocycles. The molecule has 0 spiro atoms. The Labute approximate surface area is 154 Å². The first-order valence-electron chi connectivity index (χ1n) is 8.62. The van der Waals surface area contributed by atoms with E-state index < -0.39 is 24.5 Å². The Bertz CT molecular complexity index is 1000. The highest BCUT2D eigenvalue weighted by Crippen LogP contribution is 2.33. The summed E-state index contributed by atoms with van der Waals surface area (Å²) in [7, 11) is 1.58. The van der Waals surface area contributed by atoms with Crippen LogP contribution in [0.3, 0.4) is 0 Å². The van der Waals surface area contributed by atoms with Crippen LogP contribution >= 0.6 is 0 Å². The molecule has 3 aromatic rings. The number of H-pyrrole nitrogens is 1. The maximum Gasteiger partial charge on any atom is 0.278 e. The number of aromatic amines is 1. The first-order chi connectivity index (χ1) is 13.1. The van der Waals surface area contributed by atoms with E-state index in [9.17, 15) is 15.0 Å². The minimum absolute atomic E-state index is 0.173. The Hall–Kier alpha value is -2.75. The van der Waals surface area contributed by atoms with Crippen LogP contribution in [0, 0.1) is 0 Å². The molecule has 0 aliphatic carbocycles. The van der Waals surface area contributed by atoms with Crippen LogP contribution in [0.2, 0.25) is 0 Å². The molecule has 27 heavy (non-hydrogen) atoms. The van der Waals surface area contributed by atoms with E-state index in [2.05, 4.69) is 15.0 Å². The second-order valence-electron chi connectivity index (χ2n) is 6.51. The van der Waals surface area contributed by atoms with Gasteiger partial charge >= 0.3 is 0 Å². The molecule has 4 rings (SSSR count). The topological polar surface area (TPSA) is 122 Å². The number of hydrogen-bond acceptors (Lipinski definition) is 7. The van der Waals surface area contributed by atoms with Gasteiger partial charge in [0, 0.05) is 12.8 Å². The molecule has 2 aromatic heterocycles. The van der Waals surface area contributed by atoms with Crippen molar-refractivity contribution in [1.82, 2.24) is 19.5 Å². The summed E-state index contributed by atoms with van der Waals surface area (Å²) in [6.45, 7) is 0. The van der Waals surface area contributed by atoms with Crippen molar-refractivity contribution in [3.05, 3.63) is 52.8 Å². The van der Waals surface area contributed by atoms with E-state index in [1.165, 1.54) is 17.2 Å². The van der Waals surface area contributed by atoms with Crippen LogP contribution in [0.5, 0.6) is 5.75 Å². The Kier molecular flexibility index (Phi) is 4.65. The van der Waals surface area contributed by atoms with Gasteiger partial charge in [0.1, 0.15) is 11.9 Å². The Morgan fingerprint density at radius 3 is 3.04 bits per heavy atom. The number of fused-ring (bicyclic) bond motifs is 1. The Morgan fingerprint density at radius 1 is 1.41 bits per heavy atom. The number of hydrogen-bond donors (Lipinski definition) is 3. The average molecular weight is 372 g/mol. The zero-order chi connectivity index (χ0) is 19.0. The number of aromatic nitrogens is 4. The quantitative estimate of drug-likeness (QED) is 0.592. The monoisotopic (exact) mass is 372 g/mol. The van der Waals surface area contributed by atoms with E-state index in [1.54, 1.807) is 7.11 Å². The summed E-state index contributed by atoms with van der Waals surface area (Å²) < 4.78 is 12.7. The molecule has 1 aromatic carbocycles. The van der Waals surface area contributed by atoms with Gasteiger partial charge in [-0.1, -0.05) is 18.2 Å². The molecule has 1 aliphatic heterocycles. The number of benzene rings is 1. The van der Waals surface area contributed by atoms with E-state index in [-0.39, 0.29) is 17.5 Å². The van der Waals surface area contributed by atoms with Gasteiger partial charge in [-0.2, -0.15) is 0 Å². The molecule has 0 amide bonds. The largest absolute Gasteiger partial charge is 0.496 e. The average Bonchev–Trinajstić information content (AvgIpc) is 3.26. The van der Waals surface area contributed by atoms with E-state index in [4.69, 9.17) is 9.47 Å². The molecule has 142 valence electrons. The number of methoxy groups -OCH3 is 1. The highest BCUT2D eigenvalue weighted by Gasteiger charge is 2.39. The van der Waals surface area contributed by atoms with Gasteiger partial charge in [0.2, 0.25) is 0 Å². The summed E-state index contributed by atoms with van der Waals surface area (Å²) in [5.74, 6) is 0.690. The zero-order valence-electron chi connectivity index (χ0n) is 14.6. The van der Waals surface area contributed by atoms with Crippen LogP contribution in [-0.2, 0) is 11.2 Å². The molecule has 3 N–H and O–H groups in total. The normalized spacial score (nSPS) is 23.6. The molecule has 0 bridgehead atoms. The zero-order valence-corrected chi connectivity index (χ0v) is 14.6. The number of aliphatic hydroxyl groups is 2. The van der Waals surface area contributed by atoms with Gasteiger partial charge in [0.15, 0.2) is 17.4 Å². The van der Waals surface area contributed by atoms with Crippen molar-refractivity contribution in [1.29, 1.82) is 0 Å². The van der Waals surface area contributed by atoms with Crippen LogP contribution in [-0.4, -0.2) is 55.2 Å². The number of para-hydroxylation sites is 1. The smallest absolute Gasteiger partial charge is 0.278 e. The number of rotatable bonds is 5. The number of nitrogens with zero attached hydrogens (tertiary/aromatic N) is 3. The molecule has 9 nitrogen and oxygen atoms in total. The van der Waals surface area contributed by atoms with Crippen LogP contribution in [0.15, 0.2) is 41.7 Å². The highest BCUT2D eigenvalue weighted by atomic mass is 16.5. The first kappa shape index (κ1) is 17.7. The second-order valence-corrected chi connectivity index (χ2v) is 6.51. The molecule has 3 heterocycles. The van der Waals surface area contributed by atoms with Gasteiger partial charge < -0.3 is 24.7 Å². The molecule has 0 radical (unpaired) electrons. The number of nitrogens with one attached hydrogen (secondary N) is 1. The molecule has 4 atom stereocenters. The van der Waals surface area contributed by atoms with Crippen molar-refractivity contribution in [3.8, 4) is 5.75 Å². The second kappa shape index (κ2) is 7.10. The summed E-state index contributed by atoms with van der Waals surface area (Å²) in [5.41, 5.74) is 0.989. The van der Waals surface area contributed by atoms with Crippen molar-refractivity contribution in [3.63, 3.8) is 0 Å². The summed E-state index contributed by atoms with van der Waals surface area (Å²) in [6.07, 6.45) is 0.234. The lowest BCUT2D eigenvalue weighted by Crippen LogP contribution is -2.28. The molecule has 1 fully saturated rings. The predicted octanol–water partition coefficient (Wildman–Crippen LogP) is 0.380. The minimum Gasteiger partial charge on any atom is -0.496 e. The SMILES string of the molecule is COc1ccccc1CC(O)[C@@H]1C[C@@H](O)[C@H](n2cnc3c(=O)[nH]cnc32)O1. The third-order valence-electron chi connectivity index (χ3n) is 4.81. The van der Waals surface area contributed by atoms with E-state index in [1.807, 2.05) is 24.3 Å². The third-order valence-corrected chi connectivity index (χ3v) is 4.81. The van der Waals surface area contributed by atoms with Crippen LogP contribution < -0.4 is 10.3 Å². The predicted molar refractivity (Wildman–Crippen MR) is 95.4 cm³/mol. The number of aliphatic hydroxyl groups excluding tert-OH is 2. The van der Waals surface area contributed by atoms with Crippen LogP contribution in [0.25, 0.3) is 11.2 Å². The van der Waals surface area contributed by atoms with E-state index in [0.717, 1.165) is 5.56 Å². The molecule has 1 aliphatic rings. The molecule has 9 heteroatoms. The van der Waals surface area contributed by atoms with Gasteiger partial charge in [-0.15, -0.1) is 0 Å². The highest BCUT2D eigenvalue weighted by molar-refractivity contribution is 5.68. The third kappa shape index (κ3) is 3.20. The van der Waals surface area contributed by atoms with Crippen LogP contribution in [0.1, 0.15) is 18.2 Å². The van der Waals surface area contributed by atoms with Gasteiger partial charge in [0.05, 0.1) is 32.0 Å². The Morgan fingerprint density at radius 2 is 2.22 bits per heavy atom. The van der Waals surface area contributed by atoms with Crippen molar-refractivity contribution >= 4 is 11.2 Å². The summed E-state index contributed by atoms with van der Waals surface area (Å²) in [6, 6.07) is 7.44. The maximum atomic E-state index is 11.8. The van der Waals surface area contributed by atoms with Crippen LogP contribution in [0.4, 0.5) is 0 Å². The summed E-state index contributed by atoms with van der Waals surface area (Å²) >= 11 is 0. The van der Waals surface area contributed by atoms with E-state index >= 15 is 0 Å². The van der Waals surface area contributed by atoms with Crippen molar-refractivity contribution in [2.45, 2.75) is 37.4 Å². The standard InChI is InChI=1S/C18H20N4O5/c1-26-13-5-3-2-4-10(13)6-11(23)14-7-12(24)18(27-14)22-9-21-15-16(22)19-8-20-17(15)25/h2-5,8-9,11-12,14,18,23-24H,6-7H2,1H3,(H,19,20,25)/t11?,12-,14+,18-/m1/s1. The fraction of sp³-hybridized carbons (Fsp3) is 0.389. The van der Waals surface area contributed by atoms with Gasteiger partial charge in [-0.3, -0.25) is 9.36 Å². The van der Waals surface area contributed by atoms with Gasteiger partial charge in [0.25, 0.3) is 5.56 Å². The maximum absolute atomic E-state index is 11.8. The molecular weight excluding hydrogens is 352 g/mol. The van der Waals surface area contributed by atoms with Gasteiger partial charge in [-0.25, -0.2) is 9.97 Å². The molecule has 1 unspecified atom stereocenters. The number of ether oxygens (including phenoxy) is 2. The lowest BCUT2D eigenvalue weighted by molar-refractivity contribution is -0.0737. The van der Waals surface area contributed by atoms with Crippen molar-refractivity contribution < 1.29 is 19.7 Å².